The van der Waals surface area contributed by atoms with Gasteiger partial charge in [-0.2, -0.15) is 5.10 Å². The first-order valence-electron chi connectivity index (χ1n) is 9.76. The monoisotopic (exact) mass is 403 g/mol. The van der Waals surface area contributed by atoms with E-state index in [1.165, 1.54) is 6.20 Å². The summed E-state index contributed by atoms with van der Waals surface area (Å²) in [6.07, 6.45) is 3.35. The Balaban J connectivity index is 1.26. The molecular weight excluding hydrogens is 378 g/mol. The van der Waals surface area contributed by atoms with Crippen LogP contribution in [0.25, 0.3) is 0 Å². The van der Waals surface area contributed by atoms with Gasteiger partial charge in [0.15, 0.2) is 5.82 Å². The van der Waals surface area contributed by atoms with E-state index in [0.717, 1.165) is 18.5 Å². The SMILES string of the molecule is C[C@@H]1N(C(=O)O[C@@H]2CC[C@H](c3cc(NC(=O)Cc4ccno4)n[nH]3)C2)C[C@@]1(C)O. The number of aliphatic hydroxyl groups is 1. The number of hydrogen-bond acceptors (Lipinski definition) is 7. The van der Waals surface area contributed by atoms with E-state index in [1.807, 2.05) is 13.0 Å². The average molecular weight is 403 g/mol. The maximum atomic E-state index is 12.3. The lowest BCUT2D eigenvalue weighted by Gasteiger charge is -2.50. The van der Waals surface area contributed by atoms with Crippen LogP contribution in [0.2, 0.25) is 0 Å². The first-order valence-corrected chi connectivity index (χ1v) is 9.76. The second-order valence-corrected chi connectivity index (χ2v) is 8.09. The van der Waals surface area contributed by atoms with Gasteiger partial charge in [0.2, 0.25) is 5.91 Å². The molecule has 0 unspecified atom stereocenters. The molecule has 4 atom stereocenters. The van der Waals surface area contributed by atoms with Crippen molar-refractivity contribution in [1.29, 1.82) is 0 Å². The Labute approximate surface area is 167 Å². The Morgan fingerprint density at radius 3 is 3.00 bits per heavy atom. The third-order valence-electron chi connectivity index (χ3n) is 5.88. The lowest BCUT2D eigenvalue weighted by molar-refractivity contribution is -0.123. The molecule has 2 fully saturated rings. The highest BCUT2D eigenvalue weighted by Gasteiger charge is 2.48. The number of ether oxygens (including phenoxy) is 1. The minimum Gasteiger partial charge on any atom is -0.446 e. The van der Waals surface area contributed by atoms with Crippen LogP contribution in [0.15, 0.2) is 22.9 Å². The van der Waals surface area contributed by atoms with Crippen molar-refractivity contribution < 1.29 is 24.0 Å². The lowest BCUT2D eigenvalue weighted by atomic mass is 9.87. The van der Waals surface area contributed by atoms with E-state index >= 15 is 0 Å². The van der Waals surface area contributed by atoms with E-state index in [-0.39, 0.29) is 36.5 Å². The Kier molecular flexibility index (Phi) is 5.03. The van der Waals surface area contributed by atoms with Crippen molar-refractivity contribution in [3.63, 3.8) is 0 Å². The van der Waals surface area contributed by atoms with E-state index in [0.29, 0.717) is 24.5 Å². The van der Waals surface area contributed by atoms with E-state index in [9.17, 15) is 14.7 Å². The number of aromatic nitrogens is 3. The fraction of sp³-hybridized carbons (Fsp3) is 0.579. The number of nitrogens with one attached hydrogen (secondary N) is 2. The molecule has 1 aliphatic heterocycles. The maximum absolute atomic E-state index is 12.3. The van der Waals surface area contributed by atoms with Crippen LogP contribution in [0, 0.1) is 0 Å². The molecule has 3 N–H and O–H groups in total. The van der Waals surface area contributed by atoms with Crippen LogP contribution in [0.4, 0.5) is 10.6 Å². The number of anilines is 1. The Morgan fingerprint density at radius 2 is 2.31 bits per heavy atom. The van der Waals surface area contributed by atoms with Gasteiger partial charge in [0, 0.05) is 23.7 Å². The summed E-state index contributed by atoms with van der Waals surface area (Å²) in [5.41, 5.74) is 0.0558. The first-order chi connectivity index (χ1) is 13.8. The van der Waals surface area contributed by atoms with Crippen molar-refractivity contribution in [3.8, 4) is 0 Å². The summed E-state index contributed by atoms with van der Waals surface area (Å²) in [6.45, 7) is 3.82. The zero-order valence-electron chi connectivity index (χ0n) is 16.4. The summed E-state index contributed by atoms with van der Waals surface area (Å²) >= 11 is 0. The van der Waals surface area contributed by atoms with Gasteiger partial charge in [0.05, 0.1) is 30.8 Å². The van der Waals surface area contributed by atoms with Crippen molar-refractivity contribution in [2.45, 2.75) is 63.2 Å². The Bertz CT molecular complexity index is 877. The average Bonchev–Trinajstić information content (AvgIpc) is 3.41. The van der Waals surface area contributed by atoms with Gasteiger partial charge in [-0.1, -0.05) is 5.16 Å². The fourth-order valence-corrected chi connectivity index (χ4v) is 3.89. The molecule has 2 aromatic heterocycles. The summed E-state index contributed by atoms with van der Waals surface area (Å²) in [7, 11) is 0. The van der Waals surface area contributed by atoms with Gasteiger partial charge in [0.1, 0.15) is 11.9 Å². The number of hydrogen-bond donors (Lipinski definition) is 3. The molecule has 156 valence electrons. The third-order valence-corrected chi connectivity index (χ3v) is 5.88. The van der Waals surface area contributed by atoms with Crippen LogP contribution in [0.5, 0.6) is 0 Å². The second kappa shape index (κ2) is 7.51. The number of amides is 2. The normalized spacial score (nSPS) is 28.8. The molecule has 0 spiro atoms. The number of carbonyl (C=O) groups is 2. The molecule has 10 nitrogen and oxygen atoms in total. The van der Waals surface area contributed by atoms with Crippen LogP contribution in [-0.2, 0) is 16.0 Å². The summed E-state index contributed by atoms with van der Waals surface area (Å²) in [5, 5.41) is 23.4. The van der Waals surface area contributed by atoms with Crippen LogP contribution in [0.1, 0.15) is 50.5 Å². The highest BCUT2D eigenvalue weighted by atomic mass is 16.6. The zero-order valence-corrected chi connectivity index (χ0v) is 16.4. The van der Waals surface area contributed by atoms with Crippen molar-refractivity contribution in [2.24, 2.45) is 0 Å². The Morgan fingerprint density at radius 1 is 1.48 bits per heavy atom. The lowest BCUT2D eigenvalue weighted by Crippen LogP contribution is -2.68. The number of carbonyl (C=O) groups excluding carboxylic acids is 2. The predicted octanol–water partition coefficient (Wildman–Crippen LogP) is 1.81. The summed E-state index contributed by atoms with van der Waals surface area (Å²) in [6, 6.07) is 3.20. The van der Waals surface area contributed by atoms with Gasteiger partial charge in [0.25, 0.3) is 0 Å². The molecule has 3 heterocycles. The highest BCUT2D eigenvalue weighted by molar-refractivity contribution is 5.91. The van der Waals surface area contributed by atoms with Crippen LogP contribution in [-0.4, -0.2) is 61.7 Å². The maximum Gasteiger partial charge on any atom is 0.410 e. The molecule has 2 aromatic rings. The van der Waals surface area contributed by atoms with Gasteiger partial charge in [-0.25, -0.2) is 4.79 Å². The number of rotatable bonds is 5. The summed E-state index contributed by atoms with van der Waals surface area (Å²) in [4.78, 5) is 25.9. The fourth-order valence-electron chi connectivity index (χ4n) is 3.89. The number of likely N-dealkylation sites (tertiary alicyclic amines) is 1. The van der Waals surface area contributed by atoms with Crippen molar-refractivity contribution in [2.75, 3.05) is 11.9 Å². The summed E-state index contributed by atoms with van der Waals surface area (Å²) in [5.74, 6) is 0.869. The molecule has 10 heteroatoms. The molecule has 0 bridgehead atoms. The Hall–Kier alpha value is -2.88. The highest BCUT2D eigenvalue weighted by Crippen LogP contribution is 2.37. The van der Waals surface area contributed by atoms with Gasteiger partial charge in [-0.3, -0.25) is 14.8 Å². The van der Waals surface area contributed by atoms with Crippen molar-refractivity contribution >= 4 is 17.8 Å². The minimum absolute atomic E-state index is 0.0887. The molecule has 1 saturated heterocycles. The van der Waals surface area contributed by atoms with Crippen molar-refractivity contribution in [3.05, 3.63) is 29.8 Å². The predicted molar refractivity (Wildman–Crippen MR) is 101 cm³/mol. The zero-order chi connectivity index (χ0) is 20.6. The molecule has 1 aliphatic carbocycles. The van der Waals surface area contributed by atoms with E-state index in [1.54, 1.807) is 17.9 Å². The number of H-pyrrole nitrogens is 1. The van der Waals surface area contributed by atoms with Crippen LogP contribution in [0.3, 0.4) is 0 Å². The standard InChI is InChI=1S/C19H25N5O5/c1-11-19(2,27)10-24(11)18(26)28-13-4-3-12(7-13)15-9-16(23-22-15)21-17(25)8-14-5-6-20-29-14/h5-6,9,11-13,27H,3-4,7-8,10H2,1-2H3,(H2,21,22,23,25)/t11-,12-,13+,19+/m0/s1. The van der Waals surface area contributed by atoms with Gasteiger partial charge < -0.3 is 19.7 Å². The number of nitrogens with zero attached hydrogens (tertiary/aromatic N) is 3. The third kappa shape index (κ3) is 4.12. The molecule has 29 heavy (non-hydrogen) atoms. The smallest absolute Gasteiger partial charge is 0.410 e. The van der Waals surface area contributed by atoms with Crippen LogP contribution < -0.4 is 5.32 Å². The molecule has 2 aliphatic rings. The van der Waals surface area contributed by atoms with Crippen molar-refractivity contribution in [1.82, 2.24) is 20.3 Å². The molecule has 0 aromatic carbocycles. The molecule has 2 amide bonds. The second-order valence-electron chi connectivity index (χ2n) is 8.09. The van der Waals surface area contributed by atoms with Gasteiger partial charge >= 0.3 is 6.09 Å². The van der Waals surface area contributed by atoms with E-state index in [4.69, 9.17) is 9.26 Å². The minimum atomic E-state index is -0.846. The molecular formula is C19H25N5O5. The molecule has 0 radical (unpaired) electrons. The largest absolute Gasteiger partial charge is 0.446 e. The van der Waals surface area contributed by atoms with Gasteiger partial charge in [-0.05, 0) is 33.1 Å². The van der Waals surface area contributed by atoms with Gasteiger partial charge in [-0.15, -0.1) is 0 Å². The summed E-state index contributed by atoms with van der Waals surface area (Å²) < 4.78 is 10.5. The molecule has 1 saturated carbocycles. The van der Waals surface area contributed by atoms with E-state index < -0.39 is 5.60 Å². The number of β-amino-alcohol motifs (C(OH)–C–C–N with tert-alkyl or cyclic N) is 1. The van der Waals surface area contributed by atoms with Crippen LogP contribution >= 0.6 is 0 Å². The first kappa shape index (κ1) is 19.4. The molecule has 4 rings (SSSR count). The number of aromatic amines is 1. The van der Waals surface area contributed by atoms with E-state index in [2.05, 4.69) is 20.7 Å². The quantitative estimate of drug-likeness (QED) is 0.693. The topological polar surface area (TPSA) is 134 Å².